The molecule has 2 aliphatic heterocycles. The normalized spacial score (nSPS) is 20.8. The fraction of sp³-hybridized carbons (Fsp3) is 0.500. The molecule has 2 aliphatic rings. The third kappa shape index (κ3) is 3.15. The van der Waals surface area contributed by atoms with Crippen LogP contribution in [0.5, 0.6) is 0 Å². The van der Waals surface area contributed by atoms with Gasteiger partial charge in [-0.3, -0.25) is 9.59 Å². The van der Waals surface area contributed by atoms with Crippen molar-refractivity contribution in [3.8, 4) is 0 Å². The average Bonchev–Trinajstić information content (AvgIpc) is 3.32. The molecule has 4 rings (SSSR count). The van der Waals surface area contributed by atoms with E-state index in [-0.39, 0.29) is 17.7 Å². The van der Waals surface area contributed by atoms with Crippen LogP contribution in [-0.2, 0) is 16.0 Å². The van der Waals surface area contributed by atoms with Crippen molar-refractivity contribution in [3.63, 3.8) is 0 Å². The Bertz CT molecular complexity index is 804. The van der Waals surface area contributed by atoms with Gasteiger partial charge >= 0.3 is 0 Å². The van der Waals surface area contributed by atoms with E-state index in [9.17, 15) is 9.59 Å². The first-order valence-electron chi connectivity index (χ1n) is 9.25. The van der Waals surface area contributed by atoms with Gasteiger partial charge in [-0.1, -0.05) is 11.6 Å². The Hall–Kier alpha value is -2.30. The third-order valence-electron chi connectivity index (χ3n) is 5.56. The van der Waals surface area contributed by atoms with Crippen molar-refractivity contribution in [2.24, 2.45) is 5.92 Å². The van der Waals surface area contributed by atoms with Crippen LogP contribution in [0.15, 0.2) is 24.4 Å². The van der Waals surface area contributed by atoms with Crippen molar-refractivity contribution in [1.29, 1.82) is 0 Å². The first-order chi connectivity index (χ1) is 12.1. The molecule has 5 heteroatoms. The summed E-state index contributed by atoms with van der Waals surface area (Å²) in [4.78, 5) is 32.0. The van der Waals surface area contributed by atoms with E-state index < -0.39 is 0 Å². The highest BCUT2D eigenvalue weighted by Crippen LogP contribution is 2.24. The fourth-order valence-corrected chi connectivity index (χ4v) is 4.10. The van der Waals surface area contributed by atoms with Gasteiger partial charge in [-0.25, -0.2) is 0 Å². The summed E-state index contributed by atoms with van der Waals surface area (Å²) in [7, 11) is 0. The number of rotatable bonds is 4. The number of aromatic amines is 1. The first-order valence-corrected chi connectivity index (χ1v) is 9.25. The van der Waals surface area contributed by atoms with E-state index in [1.165, 1.54) is 16.5 Å². The fourth-order valence-electron chi connectivity index (χ4n) is 4.10. The molecule has 1 N–H and O–H groups in total. The number of aromatic nitrogens is 1. The van der Waals surface area contributed by atoms with E-state index >= 15 is 0 Å². The van der Waals surface area contributed by atoms with Crippen molar-refractivity contribution in [3.05, 3.63) is 35.5 Å². The number of hydrogen-bond donors (Lipinski definition) is 1. The van der Waals surface area contributed by atoms with E-state index in [0.29, 0.717) is 19.5 Å². The summed E-state index contributed by atoms with van der Waals surface area (Å²) in [5.74, 6) is 0.153. The van der Waals surface area contributed by atoms with Gasteiger partial charge in [-0.05, 0) is 43.9 Å². The summed E-state index contributed by atoms with van der Waals surface area (Å²) in [5, 5.41) is 1.23. The van der Waals surface area contributed by atoms with Crippen LogP contribution in [0.3, 0.4) is 0 Å². The lowest BCUT2D eigenvalue weighted by Gasteiger charge is -2.20. The number of carbonyl (C=O) groups is 2. The lowest BCUT2D eigenvalue weighted by Crippen LogP contribution is -2.35. The molecule has 3 heterocycles. The van der Waals surface area contributed by atoms with Crippen LogP contribution < -0.4 is 0 Å². The van der Waals surface area contributed by atoms with Gasteiger partial charge in [0.1, 0.15) is 0 Å². The summed E-state index contributed by atoms with van der Waals surface area (Å²) in [6.45, 7) is 5.07. The molecule has 2 aromatic rings. The number of nitrogens with zero attached hydrogens (tertiary/aromatic N) is 2. The molecular weight excluding hydrogens is 314 g/mol. The van der Waals surface area contributed by atoms with Gasteiger partial charge in [-0.2, -0.15) is 0 Å². The van der Waals surface area contributed by atoms with Crippen LogP contribution in [0.25, 0.3) is 10.9 Å². The standard InChI is InChI=1S/C20H25N3O2/c1-14-4-5-18-17(10-14)15(12-21-18)6-9-23-13-16(11-19(23)24)20(25)22-7-2-3-8-22/h4-5,10,12,16,21H,2-3,6-9,11,13H2,1H3/t16-/m1/s1. The highest BCUT2D eigenvalue weighted by atomic mass is 16.2. The number of carbonyl (C=O) groups excluding carboxylic acids is 2. The van der Waals surface area contributed by atoms with Crippen LogP contribution >= 0.6 is 0 Å². The molecule has 1 aromatic carbocycles. The quantitative estimate of drug-likeness (QED) is 0.930. The molecule has 0 unspecified atom stereocenters. The predicted octanol–water partition coefficient (Wildman–Crippen LogP) is 2.49. The smallest absolute Gasteiger partial charge is 0.227 e. The van der Waals surface area contributed by atoms with Crippen LogP contribution in [0.2, 0.25) is 0 Å². The first kappa shape index (κ1) is 16.2. The number of hydrogen-bond acceptors (Lipinski definition) is 2. The number of nitrogens with one attached hydrogen (secondary N) is 1. The van der Waals surface area contributed by atoms with Crippen molar-refractivity contribution >= 4 is 22.7 Å². The molecule has 0 bridgehead atoms. The van der Waals surface area contributed by atoms with Gasteiger partial charge < -0.3 is 14.8 Å². The molecule has 2 amide bonds. The Morgan fingerprint density at radius 3 is 2.88 bits per heavy atom. The Labute approximate surface area is 148 Å². The molecule has 2 fully saturated rings. The van der Waals surface area contributed by atoms with E-state index in [4.69, 9.17) is 0 Å². The maximum atomic E-state index is 12.5. The van der Waals surface area contributed by atoms with Crippen molar-refractivity contribution < 1.29 is 9.59 Å². The minimum atomic E-state index is -0.143. The Balaban J connectivity index is 1.40. The SMILES string of the molecule is Cc1ccc2[nH]cc(CCN3C[C@H](C(=O)N4CCCC4)CC3=O)c2c1. The van der Waals surface area contributed by atoms with Crippen LogP contribution in [-0.4, -0.2) is 52.8 Å². The van der Waals surface area contributed by atoms with Gasteiger partial charge in [0.15, 0.2) is 0 Å². The zero-order valence-corrected chi connectivity index (χ0v) is 14.8. The van der Waals surface area contributed by atoms with Crippen molar-refractivity contribution in [2.45, 2.75) is 32.6 Å². The number of amides is 2. The van der Waals surface area contributed by atoms with E-state index in [2.05, 4.69) is 30.1 Å². The topological polar surface area (TPSA) is 56.4 Å². The van der Waals surface area contributed by atoms with Gasteiger partial charge in [0.2, 0.25) is 11.8 Å². The summed E-state index contributed by atoms with van der Waals surface area (Å²) in [6, 6.07) is 6.38. The number of likely N-dealkylation sites (tertiary alicyclic amines) is 2. The average molecular weight is 339 g/mol. The number of fused-ring (bicyclic) bond motifs is 1. The molecular formula is C20H25N3O2. The van der Waals surface area contributed by atoms with Crippen LogP contribution in [0.1, 0.15) is 30.4 Å². The van der Waals surface area contributed by atoms with Crippen LogP contribution in [0.4, 0.5) is 0 Å². The number of benzene rings is 1. The van der Waals surface area contributed by atoms with Crippen LogP contribution in [0, 0.1) is 12.8 Å². The zero-order valence-electron chi connectivity index (χ0n) is 14.8. The summed E-state index contributed by atoms with van der Waals surface area (Å²) >= 11 is 0. The third-order valence-corrected chi connectivity index (χ3v) is 5.56. The summed E-state index contributed by atoms with van der Waals surface area (Å²) in [6.07, 6.45) is 5.42. The molecule has 0 radical (unpaired) electrons. The lowest BCUT2D eigenvalue weighted by molar-refractivity contribution is -0.134. The number of H-pyrrole nitrogens is 1. The maximum Gasteiger partial charge on any atom is 0.227 e. The minimum Gasteiger partial charge on any atom is -0.361 e. The zero-order chi connectivity index (χ0) is 17.4. The summed E-state index contributed by atoms with van der Waals surface area (Å²) in [5.41, 5.74) is 3.61. The van der Waals surface area contributed by atoms with Gasteiger partial charge in [0, 0.05) is 49.7 Å². The second-order valence-electron chi connectivity index (χ2n) is 7.39. The molecule has 132 valence electrons. The molecule has 25 heavy (non-hydrogen) atoms. The predicted molar refractivity (Wildman–Crippen MR) is 97.2 cm³/mol. The Morgan fingerprint density at radius 1 is 1.28 bits per heavy atom. The Kier molecular flexibility index (Phi) is 4.24. The molecule has 5 nitrogen and oxygen atoms in total. The molecule has 2 saturated heterocycles. The number of aryl methyl sites for hydroxylation is 1. The lowest BCUT2D eigenvalue weighted by atomic mass is 10.1. The molecule has 0 spiro atoms. The highest BCUT2D eigenvalue weighted by molar-refractivity contribution is 5.89. The van der Waals surface area contributed by atoms with Gasteiger partial charge in [0.05, 0.1) is 5.92 Å². The van der Waals surface area contributed by atoms with E-state index in [1.54, 1.807) is 0 Å². The molecule has 1 atom stereocenters. The maximum absolute atomic E-state index is 12.5. The van der Waals surface area contributed by atoms with Gasteiger partial charge in [0.25, 0.3) is 0 Å². The minimum absolute atomic E-state index is 0.119. The molecule has 0 aliphatic carbocycles. The van der Waals surface area contributed by atoms with E-state index in [0.717, 1.165) is 37.9 Å². The van der Waals surface area contributed by atoms with Crippen molar-refractivity contribution in [2.75, 3.05) is 26.2 Å². The van der Waals surface area contributed by atoms with Gasteiger partial charge in [-0.15, -0.1) is 0 Å². The second kappa shape index (κ2) is 6.54. The monoisotopic (exact) mass is 339 g/mol. The Morgan fingerprint density at radius 2 is 2.08 bits per heavy atom. The molecule has 1 aromatic heterocycles. The second-order valence-corrected chi connectivity index (χ2v) is 7.39. The largest absolute Gasteiger partial charge is 0.361 e. The van der Waals surface area contributed by atoms with E-state index in [1.807, 2.05) is 16.0 Å². The summed E-state index contributed by atoms with van der Waals surface area (Å²) < 4.78 is 0. The molecule has 0 saturated carbocycles. The highest BCUT2D eigenvalue weighted by Gasteiger charge is 2.36. The van der Waals surface area contributed by atoms with Crippen molar-refractivity contribution in [1.82, 2.24) is 14.8 Å².